The van der Waals surface area contributed by atoms with Crippen LogP contribution < -0.4 is 0 Å². The summed E-state index contributed by atoms with van der Waals surface area (Å²) < 4.78 is 5.01. The Hall–Kier alpha value is -1.58. The van der Waals surface area contributed by atoms with E-state index >= 15 is 0 Å². The number of carbonyl (C=O) groups is 2. The molecule has 1 unspecified atom stereocenters. The minimum atomic E-state index is -0.951. The van der Waals surface area contributed by atoms with Crippen molar-refractivity contribution in [1.82, 2.24) is 0 Å². The molecule has 0 bridgehead atoms. The van der Waals surface area contributed by atoms with Crippen LogP contribution in [0.15, 0.2) is 24.8 Å². The first-order valence-electron chi connectivity index (χ1n) is 12.8. The van der Waals surface area contributed by atoms with E-state index in [0.717, 1.165) is 32.1 Å². The van der Waals surface area contributed by atoms with E-state index in [-0.39, 0.29) is 13.0 Å². The standard InChI is InChI=1S/C27H48O4/c1-3-5-6-7-8-9-10-11-12-13-14-15-16-17-18-19-20-21-22-25(24-26(28)29)27(30)31-23-4-2/h4,15-16,25H,2-3,5-14,17-24H2,1H3,(H,28,29)/b16-15+. The Bertz CT molecular complexity index is 470. The van der Waals surface area contributed by atoms with Crippen LogP contribution in [0.4, 0.5) is 0 Å². The summed E-state index contributed by atoms with van der Waals surface area (Å²) >= 11 is 0. The number of esters is 1. The summed E-state index contributed by atoms with van der Waals surface area (Å²) in [4.78, 5) is 22.9. The smallest absolute Gasteiger partial charge is 0.309 e. The molecule has 0 aliphatic heterocycles. The monoisotopic (exact) mass is 436 g/mol. The van der Waals surface area contributed by atoms with Gasteiger partial charge in [0.15, 0.2) is 0 Å². The van der Waals surface area contributed by atoms with Crippen LogP contribution in [0.2, 0.25) is 0 Å². The summed E-state index contributed by atoms with van der Waals surface area (Å²) in [7, 11) is 0. The van der Waals surface area contributed by atoms with Crippen LogP contribution in [0.3, 0.4) is 0 Å². The molecule has 4 nitrogen and oxygen atoms in total. The maximum Gasteiger partial charge on any atom is 0.309 e. The second-order valence-corrected chi connectivity index (χ2v) is 8.65. The van der Waals surface area contributed by atoms with Gasteiger partial charge in [0.25, 0.3) is 0 Å². The molecule has 0 spiro atoms. The zero-order chi connectivity index (χ0) is 23.0. The van der Waals surface area contributed by atoms with Gasteiger partial charge in [-0.2, -0.15) is 0 Å². The highest BCUT2D eigenvalue weighted by Gasteiger charge is 2.22. The Morgan fingerprint density at radius 1 is 0.806 bits per heavy atom. The Labute approximate surface area is 191 Å². The maximum absolute atomic E-state index is 11.9. The number of hydrogen-bond acceptors (Lipinski definition) is 3. The average molecular weight is 437 g/mol. The molecule has 4 heteroatoms. The number of hydrogen-bond donors (Lipinski definition) is 1. The summed E-state index contributed by atoms with van der Waals surface area (Å²) in [5.74, 6) is -1.91. The third-order valence-corrected chi connectivity index (χ3v) is 5.66. The van der Waals surface area contributed by atoms with Crippen LogP contribution in [-0.2, 0) is 14.3 Å². The van der Waals surface area contributed by atoms with Crippen molar-refractivity contribution in [3.8, 4) is 0 Å². The summed E-state index contributed by atoms with van der Waals surface area (Å²) in [6.45, 7) is 5.91. The number of rotatable bonds is 23. The number of carboxylic acid groups (broad SMARTS) is 1. The van der Waals surface area contributed by atoms with Crippen LogP contribution >= 0.6 is 0 Å². The molecular weight excluding hydrogens is 388 g/mol. The van der Waals surface area contributed by atoms with Crippen LogP contribution in [-0.4, -0.2) is 23.7 Å². The van der Waals surface area contributed by atoms with Crippen molar-refractivity contribution >= 4 is 11.9 Å². The number of carbonyl (C=O) groups excluding carboxylic acids is 1. The largest absolute Gasteiger partial charge is 0.481 e. The van der Waals surface area contributed by atoms with Gasteiger partial charge in [-0.15, -0.1) is 0 Å². The van der Waals surface area contributed by atoms with E-state index in [1.54, 1.807) is 0 Å². The van der Waals surface area contributed by atoms with Gasteiger partial charge in [0, 0.05) is 0 Å². The molecule has 0 saturated carbocycles. The van der Waals surface area contributed by atoms with Crippen molar-refractivity contribution in [3.05, 3.63) is 24.8 Å². The topological polar surface area (TPSA) is 63.6 Å². The lowest BCUT2D eigenvalue weighted by Crippen LogP contribution is -2.21. The van der Waals surface area contributed by atoms with E-state index in [0.29, 0.717) is 6.42 Å². The van der Waals surface area contributed by atoms with Gasteiger partial charge < -0.3 is 9.84 Å². The van der Waals surface area contributed by atoms with Gasteiger partial charge >= 0.3 is 11.9 Å². The Balaban J connectivity index is 3.53. The van der Waals surface area contributed by atoms with E-state index in [4.69, 9.17) is 9.84 Å². The first-order chi connectivity index (χ1) is 15.1. The predicted molar refractivity (Wildman–Crippen MR) is 130 cm³/mol. The molecule has 0 aromatic heterocycles. The van der Waals surface area contributed by atoms with Gasteiger partial charge in [0.2, 0.25) is 0 Å². The molecule has 1 N–H and O–H groups in total. The fourth-order valence-electron chi connectivity index (χ4n) is 3.76. The van der Waals surface area contributed by atoms with E-state index in [1.165, 1.54) is 76.7 Å². The molecule has 0 saturated heterocycles. The molecule has 31 heavy (non-hydrogen) atoms. The van der Waals surface area contributed by atoms with Crippen molar-refractivity contribution < 1.29 is 19.4 Å². The van der Waals surface area contributed by atoms with Crippen molar-refractivity contribution in [1.29, 1.82) is 0 Å². The third-order valence-electron chi connectivity index (χ3n) is 5.66. The lowest BCUT2D eigenvalue weighted by atomic mass is 9.97. The maximum atomic E-state index is 11.9. The third kappa shape index (κ3) is 21.4. The fourth-order valence-corrected chi connectivity index (χ4v) is 3.76. The van der Waals surface area contributed by atoms with Gasteiger partial charge in [-0.1, -0.05) is 109 Å². The van der Waals surface area contributed by atoms with E-state index < -0.39 is 17.9 Å². The molecular formula is C27H48O4. The summed E-state index contributed by atoms with van der Waals surface area (Å²) in [5, 5.41) is 8.97. The molecule has 0 heterocycles. The molecule has 0 radical (unpaired) electrons. The van der Waals surface area contributed by atoms with E-state index in [9.17, 15) is 9.59 Å². The van der Waals surface area contributed by atoms with Gasteiger partial charge in [-0.05, 0) is 32.1 Å². The quantitative estimate of drug-likeness (QED) is 0.100. The molecule has 180 valence electrons. The van der Waals surface area contributed by atoms with E-state index in [1.807, 2.05) is 0 Å². The lowest BCUT2D eigenvalue weighted by Gasteiger charge is -2.13. The minimum Gasteiger partial charge on any atom is -0.481 e. The van der Waals surface area contributed by atoms with Crippen molar-refractivity contribution in [2.45, 2.75) is 122 Å². The van der Waals surface area contributed by atoms with Crippen LogP contribution in [0.25, 0.3) is 0 Å². The summed E-state index contributed by atoms with van der Waals surface area (Å²) in [6.07, 6.45) is 26.8. The molecule has 0 fully saturated rings. The molecule has 0 aliphatic carbocycles. The zero-order valence-electron chi connectivity index (χ0n) is 20.1. The molecule has 1 atom stereocenters. The minimum absolute atomic E-state index is 0.139. The number of allylic oxidation sites excluding steroid dienone is 2. The van der Waals surface area contributed by atoms with Gasteiger partial charge in [0.1, 0.15) is 6.61 Å². The lowest BCUT2D eigenvalue weighted by molar-refractivity contribution is -0.152. The molecule has 0 amide bonds. The summed E-state index contributed by atoms with van der Waals surface area (Å²) in [5.41, 5.74) is 0. The predicted octanol–water partition coefficient (Wildman–Crippen LogP) is 8.01. The molecule has 0 aliphatic rings. The van der Waals surface area contributed by atoms with E-state index in [2.05, 4.69) is 25.7 Å². The van der Waals surface area contributed by atoms with Crippen LogP contribution in [0, 0.1) is 5.92 Å². The number of ether oxygens (including phenoxy) is 1. The van der Waals surface area contributed by atoms with Crippen molar-refractivity contribution in [2.24, 2.45) is 5.92 Å². The van der Waals surface area contributed by atoms with Crippen LogP contribution in [0.1, 0.15) is 122 Å². The number of aliphatic carboxylic acids is 1. The zero-order valence-corrected chi connectivity index (χ0v) is 20.1. The molecule has 0 aromatic carbocycles. The first-order valence-corrected chi connectivity index (χ1v) is 12.8. The second kappa shape index (κ2) is 23.1. The van der Waals surface area contributed by atoms with Gasteiger partial charge in [0.05, 0.1) is 12.3 Å². The van der Waals surface area contributed by atoms with Crippen molar-refractivity contribution in [2.75, 3.05) is 6.61 Å². The van der Waals surface area contributed by atoms with Gasteiger partial charge in [-0.3, -0.25) is 9.59 Å². The number of unbranched alkanes of at least 4 members (excludes halogenated alkanes) is 14. The second-order valence-electron chi connectivity index (χ2n) is 8.65. The Kier molecular flexibility index (Phi) is 21.9. The highest BCUT2D eigenvalue weighted by molar-refractivity contribution is 5.79. The molecule has 0 rings (SSSR count). The SMILES string of the molecule is C=CCOC(=O)C(CCCCCC/C=C/CCCCCCCCCCCC)CC(=O)O. The Morgan fingerprint density at radius 2 is 1.29 bits per heavy atom. The number of carboxylic acids is 1. The fraction of sp³-hybridized carbons (Fsp3) is 0.778. The average Bonchev–Trinajstić information content (AvgIpc) is 2.75. The van der Waals surface area contributed by atoms with Gasteiger partial charge in [-0.25, -0.2) is 0 Å². The van der Waals surface area contributed by atoms with Crippen LogP contribution in [0.5, 0.6) is 0 Å². The Morgan fingerprint density at radius 3 is 1.77 bits per heavy atom. The summed E-state index contributed by atoms with van der Waals surface area (Å²) in [6, 6.07) is 0. The first kappa shape index (κ1) is 29.4. The highest BCUT2D eigenvalue weighted by Crippen LogP contribution is 2.17. The van der Waals surface area contributed by atoms with Crippen molar-refractivity contribution in [3.63, 3.8) is 0 Å². The highest BCUT2D eigenvalue weighted by atomic mass is 16.5. The molecule has 0 aromatic rings. The normalized spacial score (nSPS) is 12.2.